The quantitative estimate of drug-likeness (QED) is 0.0593. The fourth-order valence-electron chi connectivity index (χ4n) is 20.7. The van der Waals surface area contributed by atoms with Crippen LogP contribution in [-0.2, 0) is 81.0 Å². The van der Waals surface area contributed by atoms with Crippen LogP contribution < -0.4 is 9.47 Å². The minimum Gasteiger partial charge on any atom is -0.497 e. The maximum Gasteiger partial charge on any atom is 0.410 e. The molecule has 10 saturated carbocycles. The molecule has 638 valence electrons. The van der Waals surface area contributed by atoms with E-state index in [1.165, 1.54) is 44.9 Å². The number of nitrogens with zero attached hydrogens (tertiary/aromatic N) is 1. The first-order chi connectivity index (χ1) is 53.8. The molecule has 1 amide bonds. The summed E-state index contributed by atoms with van der Waals surface area (Å²) in [7, 11) is 3.10. The number of methoxy groups -OCH3 is 2. The number of rotatable bonds is 23. The van der Waals surface area contributed by atoms with Gasteiger partial charge in [-0.15, -0.1) is 0 Å². The van der Waals surface area contributed by atoms with Gasteiger partial charge in [-0.3, -0.25) is 43.2 Å². The second-order valence-electron chi connectivity index (χ2n) is 39.7. The predicted octanol–water partition coefficient (Wildman–Crippen LogP) is 15.5. The van der Waals surface area contributed by atoms with Crippen molar-refractivity contribution in [2.24, 2.45) is 91.7 Å². The molecule has 24 heteroatoms. The summed E-state index contributed by atoms with van der Waals surface area (Å²) in [6.07, 6.45) is 15.5. The molecule has 14 atom stereocenters. The van der Waals surface area contributed by atoms with E-state index in [4.69, 9.17) is 52.1 Å². The first-order valence-electron chi connectivity index (χ1n) is 42.7. The zero-order valence-electron chi connectivity index (χ0n) is 71.7. The highest BCUT2D eigenvalue weighted by Gasteiger charge is 2.71. The topological polar surface area (TPSA) is 316 Å². The third kappa shape index (κ3) is 18.4. The van der Waals surface area contributed by atoms with E-state index in [2.05, 4.69) is 20.8 Å². The molecule has 24 nitrogen and oxygen atoms in total. The first-order valence-corrected chi connectivity index (χ1v) is 42.7. The van der Waals surface area contributed by atoms with E-state index < -0.39 is 87.6 Å². The number of likely N-dealkylation sites (tertiary alicyclic amines) is 1. The molecule has 17 rings (SSSR count). The zero-order chi connectivity index (χ0) is 84.3. The lowest BCUT2D eigenvalue weighted by Gasteiger charge is -2.61. The molecule has 0 aromatic heterocycles. The van der Waals surface area contributed by atoms with Crippen molar-refractivity contribution in [3.8, 4) is 11.5 Å². The molecule has 2 aromatic carbocycles. The number of amides is 1. The number of carbonyl (C=O) groups excluding carboxylic acids is 9. The largest absolute Gasteiger partial charge is 0.497 e. The Balaban J connectivity index is 0.000000145. The van der Waals surface area contributed by atoms with Crippen LogP contribution in [0.25, 0.3) is 0 Å². The number of hydrogen-bond acceptors (Lipinski definition) is 22. The number of piperidine rings is 1. The maximum atomic E-state index is 13.4. The molecule has 2 N–H and O–H groups in total. The molecule has 115 heavy (non-hydrogen) atoms. The minimum absolute atomic E-state index is 0.00857. The van der Waals surface area contributed by atoms with E-state index in [9.17, 15) is 58.2 Å². The summed E-state index contributed by atoms with van der Waals surface area (Å²) in [4.78, 5) is 125. The molecular formula is C91H131NO23. The standard InChI is InChI=1S/C28H35NO7.C19H32O2.C16H26O3.C15H20O6.C13H18O5/c1-6-28(2,3)26(31)35-23-15-17-29(18-16-23)27(32)36-25(20-9-13-22(34-5)14-10-20)24(30)19-7-11-21(33-4)12-8-19;1-6-17(2,3)16(20)21-18(4,5)19-10-13-7-14(11-19)9-15(8-13)12-19;1-4-14(2,3)13(17)19-16-8-11-5-12(9-16)7-15(18,6-11)10-16;1-4-15(2,3)14(19)21-11-6-5-7-9(8(6)12(16)17)13(18)20-10(7)11;1-4-13(2,3)12(15)18-9-7-5-6-8(16-7)10(9)17-11(6)14/h7-14,23,25H,6,15-18H2,1-5H3;13-15H,6-12H2,1-5H3;11-12,18H,4-10H2,1-3H3;6-11H,4-5H2,1-3H3,(H,16,17);6-10H,4-5H2,1-3H3. The molecule has 2 aromatic rings. The van der Waals surface area contributed by atoms with Crippen LogP contribution in [0.2, 0.25) is 0 Å². The van der Waals surface area contributed by atoms with Crippen LogP contribution in [0.15, 0.2) is 48.5 Å². The molecule has 5 saturated heterocycles. The van der Waals surface area contributed by atoms with Crippen molar-refractivity contribution in [2.75, 3.05) is 27.3 Å². The first kappa shape index (κ1) is 88.5. The van der Waals surface area contributed by atoms with E-state index in [1.807, 2.05) is 83.1 Å². The van der Waals surface area contributed by atoms with Crippen molar-refractivity contribution < 1.29 is 110 Å². The third-order valence-corrected chi connectivity index (χ3v) is 29.5. The second-order valence-corrected chi connectivity index (χ2v) is 39.7. The second kappa shape index (κ2) is 33.8. The summed E-state index contributed by atoms with van der Waals surface area (Å²) < 4.78 is 61.3. The van der Waals surface area contributed by atoms with Gasteiger partial charge in [0.2, 0.25) is 5.78 Å². The van der Waals surface area contributed by atoms with Gasteiger partial charge in [-0.2, -0.15) is 0 Å². The summed E-state index contributed by atoms with van der Waals surface area (Å²) in [6.45, 7) is 33.9. The van der Waals surface area contributed by atoms with Gasteiger partial charge in [-0.05, 0) is 265 Å². The number of ether oxygens (including phenoxy) is 11. The molecule has 10 aliphatic carbocycles. The highest BCUT2D eigenvalue weighted by molar-refractivity contribution is 6.01. The van der Waals surface area contributed by atoms with Crippen molar-refractivity contribution >= 4 is 59.6 Å². The molecule has 15 aliphatic rings. The molecule has 5 heterocycles. The number of benzene rings is 2. The van der Waals surface area contributed by atoms with Crippen molar-refractivity contribution in [3.05, 3.63) is 59.7 Å². The Bertz CT molecular complexity index is 3850. The Labute approximate surface area is 679 Å². The van der Waals surface area contributed by atoms with Gasteiger partial charge in [0.05, 0.1) is 70.8 Å². The van der Waals surface area contributed by atoms with Gasteiger partial charge in [-0.25, -0.2) is 4.79 Å². The van der Waals surface area contributed by atoms with E-state index in [-0.39, 0.29) is 99.7 Å². The van der Waals surface area contributed by atoms with Gasteiger partial charge in [0, 0.05) is 60.7 Å². The molecular weight excluding hydrogens is 1470 g/mol. The van der Waals surface area contributed by atoms with Crippen LogP contribution in [0.4, 0.5) is 4.79 Å². The predicted molar refractivity (Wildman–Crippen MR) is 422 cm³/mol. The number of Topliss-reactive ketones (excluding diaryl/α,β-unsaturated/α-hetero) is 1. The van der Waals surface area contributed by atoms with Crippen LogP contribution in [0.5, 0.6) is 11.5 Å². The number of carboxylic acids is 1. The Morgan fingerprint density at radius 1 is 0.522 bits per heavy atom. The Morgan fingerprint density at radius 2 is 0.983 bits per heavy atom. The zero-order valence-corrected chi connectivity index (χ0v) is 71.7. The van der Waals surface area contributed by atoms with E-state index in [1.54, 1.807) is 81.5 Å². The maximum absolute atomic E-state index is 13.4. The number of ketones is 1. The number of aliphatic hydroxyl groups is 1. The van der Waals surface area contributed by atoms with Gasteiger partial charge in [0.25, 0.3) is 0 Å². The van der Waals surface area contributed by atoms with Gasteiger partial charge in [0.1, 0.15) is 47.1 Å². The van der Waals surface area contributed by atoms with Gasteiger partial charge in [-0.1, -0.05) is 46.8 Å². The minimum atomic E-state index is -1.13. The smallest absolute Gasteiger partial charge is 0.410 e. The number of carboxylic acid groups (broad SMARTS) is 1. The highest BCUT2D eigenvalue weighted by Crippen LogP contribution is 2.65. The molecule has 12 bridgehead atoms. The highest BCUT2D eigenvalue weighted by atomic mass is 16.7. The number of aliphatic carboxylic acids is 1. The van der Waals surface area contributed by atoms with Gasteiger partial charge in [0.15, 0.2) is 18.3 Å². The Kier molecular flexibility index (Phi) is 26.0. The van der Waals surface area contributed by atoms with Gasteiger partial charge >= 0.3 is 53.8 Å². The van der Waals surface area contributed by atoms with Crippen molar-refractivity contribution in [3.63, 3.8) is 0 Å². The molecule has 14 unspecified atom stereocenters. The number of fused-ring (bicyclic) bond motifs is 2. The SMILES string of the molecule is CCC(C)(C)C(=O)OC(C)(C)C12CC3CC(CC(C3)C1)C2.CCC(C)(C)C(=O)OC12CC3CC(CC(O)(C3)C1)C2.CCC(C)(C)C(=O)OC1C2CC3C(=O)OC1C3O2.CCC(C)(C)C(=O)OC1C2CC3C1OC(=O)C3C2C(=O)O.CCC(C)(C)C(=O)OC1CCN(C(=O)OC(C(=O)c2ccc(OC)cc2)c2ccc(OC)cc2)CC1. The fourth-order valence-corrected chi connectivity index (χ4v) is 20.7. The molecule has 0 spiro atoms. The lowest BCUT2D eigenvalue weighted by atomic mass is 9.46. The average molecular weight is 1610 g/mol. The van der Waals surface area contributed by atoms with Crippen LogP contribution in [-0.4, -0.2) is 162 Å². The number of carbonyl (C=O) groups is 10. The van der Waals surface area contributed by atoms with E-state index in [0.717, 1.165) is 56.3 Å². The number of esters is 7. The summed E-state index contributed by atoms with van der Waals surface area (Å²) in [6, 6.07) is 13.5. The fraction of sp³-hybridized carbons (Fsp3) is 0.758. The Hall–Kier alpha value is -7.34. The third-order valence-electron chi connectivity index (χ3n) is 29.5. The van der Waals surface area contributed by atoms with Crippen molar-refractivity contribution in [1.29, 1.82) is 0 Å². The molecule has 0 radical (unpaired) electrons. The summed E-state index contributed by atoms with van der Waals surface area (Å²) in [5.74, 6) is 0.207. The van der Waals surface area contributed by atoms with Crippen molar-refractivity contribution in [1.82, 2.24) is 4.90 Å². The van der Waals surface area contributed by atoms with Crippen LogP contribution in [0.3, 0.4) is 0 Å². The van der Waals surface area contributed by atoms with Gasteiger partial charge < -0.3 is 67.2 Å². The van der Waals surface area contributed by atoms with Crippen LogP contribution >= 0.6 is 0 Å². The van der Waals surface area contributed by atoms with E-state index in [0.29, 0.717) is 98.9 Å². The lowest BCUT2D eigenvalue weighted by molar-refractivity contribution is -0.225. The molecule has 5 aliphatic heterocycles. The van der Waals surface area contributed by atoms with Crippen LogP contribution in [0, 0.1) is 91.7 Å². The lowest BCUT2D eigenvalue weighted by Crippen LogP contribution is -2.61. The normalized spacial score (nSPS) is 32.9. The van der Waals surface area contributed by atoms with Crippen molar-refractivity contribution in [2.45, 2.75) is 318 Å². The average Bonchev–Trinajstić information content (AvgIpc) is 1.65. The monoisotopic (exact) mass is 1610 g/mol. The Morgan fingerprint density at radius 3 is 1.47 bits per heavy atom. The number of hydrogen-bond donors (Lipinski definition) is 2. The summed E-state index contributed by atoms with van der Waals surface area (Å²) in [5.41, 5.74) is -2.48. The van der Waals surface area contributed by atoms with Crippen LogP contribution in [0.1, 0.15) is 275 Å². The summed E-state index contributed by atoms with van der Waals surface area (Å²) >= 11 is 0. The van der Waals surface area contributed by atoms with E-state index >= 15 is 0 Å². The summed E-state index contributed by atoms with van der Waals surface area (Å²) in [5, 5.41) is 20.0. The molecule has 15 fully saturated rings.